The van der Waals surface area contributed by atoms with Crippen molar-refractivity contribution in [1.82, 2.24) is 34.6 Å². The third kappa shape index (κ3) is 8.19. The maximum absolute atomic E-state index is 13.9. The first-order chi connectivity index (χ1) is 24.5. The minimum absolute atomic E-state index is 0.0102. The third-order valence-corrected chi connectivity index (χ3v) is 9.75. The molecule has 2 aliphatic rings. The van der Waals surface area contributed by atoms with Gasteiger partial charge in [-0.2, -0.15) is 5.10 Å². The summed E-state index contributed by atoms with van der Waals surface area (Å²) >= 11 is 3.35. The number of aromatic nitrogens is 6. The molecule has 0 unspecified atom stereocenters. The SMILES string of the molecule is CC(=O)c1nn(CC(=O)N2[C@H](C(=O)Nc3nc(Br)ccc3C)C[C@@]3(C)C[C@@H]23)c2cnc(-c3cnc(CCC(=O)COCCOCCN)nc3)cc12. The second kappa shape index (κ2) is 15.4. The number of nitrogens with two attached hydrogens (primary N) is 1. The van der Waals surface area contributed by atoms with Gasteiger partial charge in [0.05, 0.1) is 37.2 Å². The second-order valence-corrected chi connectivity index (χ2v) is 14.0. The van der Waals surface area contributed by atoms with Crippen molar-refractivity contribution >= 4 is 56.0 Å². The summed E-state index contributed by atoms with van der Waals surface area (Å²) in [6, 6.07) is 4.66. The van der Waals surface area contributed by atoms with Crippen LogP contribution in [-0.2, 0) is 36.8 Å². The van der Waals surface area contributed by atoms with E-state index in [4.69, 9.17) is 15.2 Å². The van der Waals surface area contributed by atoms with Crippen molar-refractivity contribution in [2.24, 2.45) is 11.1 Å². The average molecular weight is 763 g/mol. The van der Waals surface area contributed by atoms with Crippen molar-refractivity contribution in [2.75, 3.05) is 38.3 Å². The number of ketones is 2. The molecule has 6 rings (SSSR count). The summed E-state index contributed by atoms with van der Waals surface area (Å²) in [5.41, 5.74) is 7.88. The van der Waals surface area contributed by atoms with E-state index in [0.717, 1.165) is 12.0 Å². The Labute approximate surface area is 302 Å². The Kier molecular flexibility index (Phi) is 10.9. The number of rotatable bonds is 16. The summed E-state index contributed by atoms with van der Waals surface area (Å²) in [6.07, 6.45) is 6.75. The average Bonchev–Trinajstić information content (AvgIpc) is 3.47. The number of nitrogens with one attached hydrogen (secondary N) is 1. The van der Waals surface area contributed by atoms with Crippen LogP contribution in [0.2, 0.25) is 0 Å². The molecular weight excluding hydrogens is 722 g/mol. The van der Waals surface area contributed by atoms with Gasteiger partial charge in [0.25, 0.3) is 0 Å². The molecule has 1 saturated heterocycles. The van der Waals surface area contributed by atoms with Crippen LogP contribution in [0, 0.1) is 12.3 Å². The van der Waals surface area contributed by atoms with Gasteiger partial charge >= 0.3 is 0 Å². The van der Waals surface area contributed by atoms with E-state index in [1.807, 2.05) is 13.0 Å². The first-order valence-corrected chi connectivity index (χ1v) is 17.6. The number of anilines is 1. The minimum atomic E-state index is -0.665. The molecule has 0 bridgehead atoms. The molecule has 15 nitrogen and oxygen atoms in total. The number of hydrogen-bond acceptors (Lipinski definition) is 12. The molecule has 2 fully saturated rings. The normalized spacial score (nSPS) is 19.3. The van der Waals surface area contributed by atoms with Crippen molar-refractivity contribution in [3.63, 3.8) is 0 Å². The molecule has 1 saturated carbocycles. The number of halogens is 1. The predicted molar refractivity (Wildman–Crippen MR) is 190 cm³/mol. The number of fused-ring (bicyclic) bond motifs is 2. The standard InChI is InChI=1S/C35H40BrN9O6/c1-20-4-6-29(36)41-33(20)42-34(49)26-13-35(3)14-28(35)45(26)31(48)18-44-27-17-38-25(12-24(27)32(43-44)21(2)46)22-15-39-30(40-16-22)7-5-23(47)19-51-11-10-50-9-8-37/h4,6,12,15-17,26,28H,5,7-11,13-14,18-19,37H2,1-3H3,(H,41,42,49)/t26-,28+,35-/m0/s1. The van der Waals surface area contributed by atoms with Crippen LogP contribution in [0.3, 0.4) is 0 Å². The Morgan fingerprint density at radius 3 is 2.57 bits per heavy atom. The Balaban J connectivity index is 1.13. The van der Waals surface area contributed by atoms with Gasteiger partial charge in [0.2, 0.25) is 11.8 Å². The lowest BCUT2D eigenvalue weighted by Crippen LogP contribution is -2.47. The number of carbonyl (C=O) groups excluding carboxylic acids is 4. The number of nitrogens with zero attached hydrogens (tertiary/aromatic N) is 7. The van der Waals surface area contributed by atoms with Gasteiger partial charge in [-0.25, -0.2) is 15.0 Å². The predicted octanol–water partition coefficient (Wildman–Crippen LogP) is 3.07. The van der Waals surface area contributed by atoms with E-state index in [-0.39, 0.29) is 60.1 Å². The lowest BCUT2D eigenvalue weighted by atomic mass is 10.0. The number of ether oxygens (including phenoxy) is 2. The summed E-state index contributed by atoms with van der Waals surface area (Å²) in [5.74, 6) is 0.0464. The van der Waals surface area contributed by atoms with E-state index in [1.54, 1.807) is 35.6 Å². The molecule has 268 valence electrons. The number of piperidine rings is 1. The Hall–Kier alpha value is -4.51. The van der Waals surface area contributed by atoms with Crippen LogP contribution in [0.5, 0.6) is 0 Å². The maximum Gasteiger partial charge on any atom is 0.248 e. The molecular formula is C35H40BrN9O6. The van der Waals surface area contributed by atoms with Gasteiger partial charge in [0, 0.05) is 55.7 Å². The third-order valence-electron chi connectivity index (χ3n) is 9.31. The van der Waals surface area contributed by atoms with Crippen molar-refractivity contribution in [2.45, 2.75) is 65.1 Å². The molecule has 4 aromatic heterocycles. The first-order valence-electron chi connectivity index (χ1n) is 16.8. The van der Waals surface area contributed by atoms with Crippen LogP contribution in [0.1, 0.15) is 55.0 Å². The van der Waals surface area contributed by atoms with Crippen molar-refractivity contribution < 1.29 is 28.7 Å². The molecule has 16 heteroatoms. The van der Waals surface area contributed by atoms with Crippen molar-refractivity contribution in [3.8, 4) is 11.3 Å². The Bertz CT molecular complexity index is 1970. The summed E-state index contributed by atoms with van der Waals surface area (Å²) < 4.78 is 12.6. The van der Waals surface area contributed by atoms with E-state index < -0.39 is 6.04 Å². The lowest BCUT2D eigenvalue weighted by Gasteiger charge is -2.27. The highest BCUT2D eigenvalue weighted by Crippen LogP contribution is 2.59. The number of aryl methyl sites for hydroxylation is 2. The Morgan fingerprint density at radius 2 is 1.82 bits per heavy atom. The first kappa shape index (κ1) is 36.3. The minimum Gasteiger partial charge on any atom is -0.378 e. The number of amides is 2. The molecule has 51 heavy (non-hydrogen) atoms. The van der Waals surface area contributed by atoms with Gasteiger partial charge in [-0.3, -0.25) is 28.8 Å². The topological polar surface area (TPSA) is 197 Å². The maximum atomic E-state index is 13.9. The van der Waals surface area contributed by atoms with Crippen molar-refractivity contribution in [3.05, 3.63) is 58.5 Å². The van der Waals surface area contributed by atoms with Crippen LogP contribution in [-0.4, -0.2) is 103 Å². The second-order valence-electron chi connectivity index (χ2n) is 13.2. The van der Waals surface area contributed by atoms with E-state index in [9.17, 15) is 19.2 Å². The molecule has 2 amide bonds. The molecule has 3 atom stereocenters. The molecule has 0 spiro atoms. The van der Waals surface area contributed by atoms with E-state index in [0.29, 0.717) is 77.6 Å². The largest absolute Gasteiger partial charge is 0.378 e. The highest BCUT2D eigenvalue weighted by Gasteiger charge is 2.64. The zero-order valence-electron chi connectivity index (χ0n) is 28.7. The van der Waals surface area contributed by atoms with Gasteiger partial charge in [0.15, 0.2) is 11.6 Å². The van der Waals surface area contributed by atoms with Gasteiger partial charge in [-0.05, 0) is 58.8 Å². The quantitative estimate of drug-likeness (QED) is 0.0963. The van der Waals surface area contributed by atoms with E-state index in [2.05, 4.69) is 53.2 Å². The summed E-state index contributed by atoms with van der Waals surface area (Å²) in [5, 5.41) is 7.97. The number of hydrogen-bond donors (Lipinski definition) is 2. The van der Waals surface area contributed by atoms with Gasteiger partial charge in [-0.1, -0.05) is 13.0 Å². The molecule has 1 aliphatic heterocycles. The number of Topliss-reactive ketones (excluding diaryl/α,β-unsaturated/α-hetero) is 2. The number of carbonyl (C=O) groups is 4. The highest BCUT2D eigenvalue weighted by atomic mass is 79.9. The fourth-order valence-corrected chi connectivity index (χ4v) is 6.75. The molecule has 5 heterocycles. The van der Waals surface area contributed by atoms with Gasteiger partial charge < -0.3 is 25.4 Å². The molecule has 0 radical (unpaired) electrons. The number of likely N-dealkylation sites (tertiary alicyclic amines) is 1. The van der Waals surface area contributed by atoms with Gasteiger partial charge in [-0.15, -0.1) is 0 Å². The molecule has 4 aromatic rings. The van der Waals surface area contributed by atoms with E-state index >= 15 is 0 Å². The van der Waals surface area contributed by atoms with Crippen molar-refractivity contribution in [1.29, 1.82) is 0 Å². The lowest BCUT2D eigenvalue weighted by molar-refractivity contribution is -0.138. The molecule has 0 aromatic carbocycles. The van der Waals surface area contributed by atoms with Crippen LogP contribution in [0.25, 0.3) is 22.2 Å². The Morgan fingerprint density at radius 1 is 1.06 bits per heavy atom. The summed E-state index contributed by atoms with van der Waals surface area (Å²) in [7, 11) is 0. The monoisotopic (exact) mass is 761 g/mol. The van der Waals surface area contributed by atoms with Gasteiger partial charge in [0.1, 0.15) is 41.1 Å². The summed E-state index contributed by atoms with van der Waals surface area (Å²) in [4.78, 5) is 71.8. The fraction of sp³-hybridized carbons (Fsp3) is 0.457. The molecule has 1 aliphatic carbocycles. The van der Waals surface area contributed by atoms with Crippen LogP contribution in [0.15, 0.2) is 41.4 Å². The smallest absolute Gasteiger partial charge is 0.248 e. The van der Waals surface area contributed by atoms with E-state index in [1.165, 1.54) is 11.6 Å². The fourth-order valence-electron chi connectivity index (χ4n) is 6.44. The van der Waals surface area contributed by atoms with Crippen LogP contribution in [0.4, 0.5) is 5.82 Å². The number of pyridine rings is 2. The van der Waals surface area contributed by atoms with Crippen LogP contribution < -0.4 is 11.1 Å². The zero-order chi connectivity index (χ0) is 36.3. The highest BCUT2D eigenvalue weighted by molar-refractivity contribution is 9.10. The molecule has 3 N–H and O–H groups in total. The van der Waals surface area contributed by atoms with Crippen LogP contribution >= 0.6 is 15.9 Å². The zero-order valence-corrected chi connectivity index (χ0v) is 30.3. The summed E-state index contributed by atoms with van der Waals surface area (Å²) in [6.45, 7) is 6.77.